The van der Waals surface area contributed by atoms with Crippen LogP contribution in [-0.2, 0) is 13.2 Å². The van der Waals surface area contributed by atoms with E-state index in [2.05, 4.69) is 44.9 Å². The second-order valence-corrected chi connectivity index (χ2v) is 9.14. The number of hydrogen-bond donors (Lipinski definition) is 1. The molecule has 0 spiro atoms. The van der Waals surface area contributed by atoms with Crippen LogP contribution in [0.4, 0.5) is 0 Å². The molecule has 5 heteroatoms. The molecule has 0 aliphatic heterocycles. The molecule has 148 valence electrons. The second kappa shape index (κ2) is 8.94. The monoisotopic (exact) mass is 390 g/mol. The lowest BCUT2D eigenvalue weighted by Crippen LogP contribution is -2.41. The van der Waals surface area contributed by atoms with Crippen LogP contribution in [0.25, 0.3) is 0 Å². The summed E-state index contributed by atoms with van der Waals surface area (Å²) < 4.78 is 11.4. The van der Waals surface area contributed by atoms with Gasteiger partial charge in [-0.05, 0) is 49.4 Å². The van der Waals surface area contributed by atoms with Crippen molar-refractivity contribution in [3.63, 3.8) is 0 Å². The first kappa shape index (κ1) is 21.5. The van der Waals surface area contributed by atoms with Crippen LogP contribution in [-0.4, -0.2) is 17.6 Å². The van der Waals surface area contributed by atoms with Gasteiger partial charge in [0, 0.05) is 30.0 Å². The highest BCUT2D eigenvalue weighted by molar-refractivity contribution is 6.32. The molecule has 0 atom stereocenters. The van der Waals surface area contributed by atoms with Gasteiger partial charge in [0.2, 0.25) is 0 Å². The Hall–Kier alpha value is -1.78. The highest BCUT2D eigenvalue weighted by atomic mass is 35.5. The first-order valence-corrected chi connectivity index (χ1v) is 9.61. The van der Waals surface area contributed by atoms with Crippen molar-refractivity contribution in [2.75, 3.05) is 7.11 Å². The number of ether oxygens (including phenoxy) is 2. The van der Waals surface area contributed by atoms with E-state index in [4.69, 9.17) is 21.1 Å². The molecule has 1 aromatic carbocycles. The predicted octanol–water partition coefficient (Wildman–Crippen LogP) is 5.63. The average Bonchev–Trinajstić information content (AvgIpc) is 2.57. The zero-order valence-corrected chi connectivity index (χ0v) is 18.0. The summed E-state index contributed by atoms with van der Waals surface area (Å²) in [5, 5.41) is 4.17. The summed E-state index contributed by atoms with van der Waals surface area (Å²) in [6.07, 6.45) is 4.58. The maximum atomic E-state index is 6.49. The molecule has 4 nitrogen and oxygen atoms in total. The number of aromatic nitrogens is 1. The van der Waals surface area contributed by atoms with Gasteiger partial charge in [-0.1, -0.05) is 38.4 Å². The summed E-state index contributed by atoms with van der Waals surface area (Å²) in [5.41, 5.74) is 2.32. The molecule has 1 N–H and O–H groups in total. The molecule has 0 amide bonds. The fourth-order valence-corrected chi connectivity index (χ4v) is 3.67. The van der Waals surface area contributed by atoms with Crippen LogP contribution in [0.1, 0.15) is 52.2 Å². The van der Waals surface area contributed by atoms with E-state index in [1.54, 1.807) is 19.5 Å². The van der Waals surface area contributed by atoms with Gasteiger partial charge in [0.05, 0.1) is 12.1 Å². The molecular weight excluding hydrogens is 360 g/mol. The Balaban J connectivity index is 2.08. The number of nitrogens with one attached hydrogen (secondary N) is 1. The molecule has 0 aliphatic rings. The van der Waals surface area contributed by atoms with Crippen molar-refractivity contribution in [3.8, 4) is 11.5 Å². The van der Waals surface area contributed by atoms with Crippen molar-refractivity contribution in [1.82, 2.24) is 10.3 Å². The van der Waals surface area contributed by atoms with E-state index in [-0.39, 0.29) is 11.0 Å². The van der Waals surface area contributed by atoms with E-state index in [0.717, 1.165) is 17.5 Å². The minimum Gasteiger partial charge on any atom is -0.493 e. The Morgan fingerprint density at radius 1 is 1.11 bits per heavy atom. The van der Waals surface area contributed by atoms with Gasteiger partial charge < -0.3 is 14.8 Å². The van der Waals surface area contributed by atoms with E-state index >= 15 is 0 Å². The van der Waals surface area contributed by atoms with Gasteiger partial charge in [0.1, 0.15) is 6.61 Å². The highest BCUT2D eigenvalue weighted by Gasteiger charge is 2.25. The van der Waals surface area contributed by atoms with Crippen LogP contribution >= 0.6 is 11.6 Å². The highest BCUT2D eigenvalue weighted by Crippen LogP contribution is 2.37. The minimum atomic E-state index is 0.0213. The standard InChI is InChI=1S/C22H31ClN2O2/c1-21(2,3)15-22(4,5)25-13-17-10-18(23)20(19(11-17)26-6)27-14-16-8-7-9-24-12-16/h7-12,25H,13-15H2,1-6H3. The molecule has 27 heavy (non-hydrogen) atoms. The zero-order valence-electron chi connectivity index (χ0n) is 17.2. The summed E-state index contributed by atoms with van der Waals surface area (Å²) in [6, 6.07) is 7.75. The lowest BCUT2D eigenvalue weighted by atomic mass is 9.82. The van der Waals surface area contributed by atoms with Crippen molar-refractivity contribution in [2.45, 2.75) is 59.7 Å². The normalized spacial score (nSPS) is 12.1. The third-order valence-electron chi connectivity index (χ3n) is 4.14. The predicted molar refractivity (Wildman–Crippen MR) is 112 cm³/mol. The number of rotatable bonds is 8. The van der Waals surface area contributed by atoms with Crippen LogP contribution in [0.2, 0.25) is 5.02 Å². The fourth-order valence-electron chi connectivity index (χ4n) is 3.38. The van der Waals surface area contributed by atoms with Crippen molar-refractivity contribution in [1.29, 1.82) is 0 Å². The number of pyridine rings is 1. The van der Waals surface area contributed by atoms with Gasteiger partial charge in [-0.3, -0.25) is 4.98 Å². The Morgan fingerprint density at radius 2 is 1.85 bits per heavy atom. The van der Waals surface area contributed by atoms with Crippen LogP contribution in [0, 0.1) is 5.41 Å². The molecule has 1 heterocycles. The number of methoxy groups -OCH3 is 1. The maximum absolute atomic E-state index is 6.49. The molecule has 0 bridgehead atoms. The summed E-state index contributed by atoms with van der Waals surface area (Å²) in [7, 11) is 1.63. The van der Waals surface area contributed by atoms with Crippen molar-refractivity contribution in [2.24, 2.45) is 5.41 Å². The van der Waals surface area contributed by atoms with E-state index in [1.807, 2.05) is 24.3 Å². The first-order valence-electron chi connectivity index (χ1n) is 9.23. The molecule has 1 aromatic heterocycles. The van der Waals surface area contributed by atoms with E-state index in [0.29, 0.717) is 29.7 Å². The third kappa shape index (κ3) is 7.04. The molecule has 2 rings (SSSR count). The SMILES string of the molecule is COc1cc(CNC(C)(C)CC(C)(C)C)cc(Cl)c1OCc1cccnc1. The van der Waals surface area contributed by atoms with Gasteiger partial charge in [0.25, 0.3) is 0 Å². The molecule has 0 fully saturated rings. The number of benzene rings is 1. The lowest BCUT2D eigenvalue weighted by Gasteiger charge is -2.33. The Morgan fingerprint density at radius 3 is 2.44 bits per heavy atom. The summed E-state index contributed by atoms with van der Waals surface area (Å²) in [5.74, 6) is 1.19. The number of hydrogen-bond acceptors (Lipinski definition) is 4. The fraction of sp³-hybridized carbons (Fsp3) is 0.500. The molecule has 0 saturated heterocycles. The van der Waals surface area contributed by atoms with Gasteiger partial charge >= 0.3 is 0 Å². The molecule has 2 aromatic rings. The quantitative estimate of drug-likeness (QED) is 0.634. The van der Waals surface area contributed by atoms with Crippen molar-refractivity contribution in [3.05, 3.63) is 52.8 Å². The lowest BCUT2D eigenvalue weighted by molar-refractivity contribution is 0.240. The molecular formula is C22H31ClN2O2. The Bertz CT molecular complexity index is 740. The number of halogens is 1. The molecule has 0 radical (unpaired) electrons. The van der Waals surface area contributed by atoms with E-state index in [9.17, 15) is 0 Å². The Kier molecular flexibility index (Phi) is 7.12. The van der Waals surface area contributed by atoms with Gasteiger partial charge in [0.15, 0.2) is 11.5 Å². The van der Waals surface area contributed by atoms with Crippen molar-refractivity contribution >= 4 is 11.6 Å². The number of nitrogens with zero attached hydrogens (tertiary/aromatic N) is 1. The van der Waals surface area contributed by atoms with Crippen LogP contribution in [0.3, 0.4) is 0 Å². The van der Waals surface area contributed by atoms with Crippen LogP contribution in [0.5, 0.6) is 11.5 Å². The molecule has 0 unspecified atom stereocenters. The summed E-state index contributed by atoms with van der Waals surface area (Å²) in [6.45, 7) is 12.3. The van der Waals surface area contributed by atoms with E-state index < -0.39 is 0 Å². The minimum absolute atomic E-state index is 0.0213. The molecule has 0 aliphatic carbocycles. The average molecular weight is 391 g/mol. The zero-order chi connectivity index (χ0) is 20.1. The maximum Gasteiger partial charge on any atom is 0.180 e. The topological polar surface area (TPSA) is 43.4 Å². The second-order valence-electron chi connectivity index (χ2n) is 8.73. The van der Waals surface area contributed by atoms with Crippen LogP contribution in [0.15, 0.2) is 36.7 Å². The van der Waals surface area contributed by atoms with Gasteiger partial charge in [-0.25, -0.2) is 0 Å². The summed E-state index contributed by atoms with van der Waals surface area (Å²) in [4.78, 5) is 4.10. The van der Waals surface area contributed by atoms with Crippen molar-refractivity contribution < 1.29 is 9.47 Å². The van der Waals surface area contributed by atoms with Gasteiger partial charge in [-0.15, -0.1) is 0 Å². The van der Waals surface area contributed by atoms with Crippen LogP contribution < -0.4 is 14.8 Å². The summed E-state index contributed by atoms with van der Waals surface area (Å²) >= 11 is 6.49. The largest absolute Gasteiger partial charge is 0.493 e. The van der Waals surface area contributed by atoms with Gasteiger partial charge in [-0.2, -0.15) is 0 Å². The third-order valence-corrected chi connectivity index (χ3v) is 4.42. The Labute approximate surface area is 168 Å². The smallest absolute Gasteiger partial charge is 0.180 e. The first-order chi connectivity index (χ1) is 12.6. The van der Waals surface area contributed by atoms with E-state index in [1.165, 1.54) is 0 Å². The molecule has 0 saturated carbocycles.